The fourth-order valence-electron chi connectivity index (χ4n) is 3.57. The second kappa shape index (κ2) is 7.05. The molecule has 2 saturated carbocycles. The van der Waals surface area contributed by atoms with Crippen molar-refractivity contribution in [1.29, 1.82) is 0 Å². The first-order valence-corrected chi connectivity index (χ1v) is 9.23. The van der Waals surface area contributed by atoms with Crippen molar-refractivity contribution in [3.05, 3.63) is 30.3 Å². The third kappa shape index (κ3) is 3.66. The Labute approximate surface area is 136 Å². The molecule has 2 fully saturated rings. The predicted molar refractivity (Wildman–Crippen MR) is 89.9 cm³/mol. The highest BCUT2D eigenvalue weighted by Crippen LogP contribution is 2.45. The molecule has 2 aliphatic rings. The summed E-state index contributed by atoms with van der Waals surface area (Å²) < 4.78 is -0.294. The van der Waals surface area contributed by atoms with Gasteiger partial charge in [-0.2, -0.15) is 0 Å². The zero-order valence-electron chi connectivity index (χ0n) is 13.0. The lowest BCUT2D eigenvalue weighted by Crippen LogP contribution is -2.48. The normalized spacial score (nSPS) is 27.5. The molecule has 0 bridgehead atoms. The molecule has 0 aliphatic heterocycles. The van der Waals surface area contributed by atoms with Crippen LogP contribution in [0, 0.1) is 0 Å². The Balaban J connectivity index is 1.66. The molecule has 0 spiro atoms. The SMILES string of the molecule is O=C(NC1CCC(O)CC1)C1(Sc2ccccc2)CCCC1. The van der Waals surface area contributed by atoms with Crippen molar-refractivity contribution < 1.29 is 9.90 Å². The highest BCUT2D eigenvalue weighted by atomic mass is 32.2. The number of aliphatic hydroxyl groups excluding tert-OH is 1. The lowest BCUT2D eigenvalue weighted by Gasteiger charge is -2.32. The Morgan fingerprint density at radius 2 is 1.73 bits per heavy atom. The second-order valence-electron chi connectivity index (χ2n) is 6.60. The molecule has 1 aromatic carbocycles. The Bertz CT molecular complexity index is 491. The van der Waals surface area contributed by atoms with Gasteiger partial charge in [-0.25, -0.2) is 0 Å². The molecule has 0 atom stereocenters. The van der Waals surface area contributed by atoms with E-state index in [9.17, 15) is 9.90 Å². The lowest BCUT2D eigenvalue weighted by atomic mass is 9.92. The van der Waals surface area contributed by atoms with E-state index >= 15 is 0 Å². The zero-order valence-corrected chi connectivity index (χ0v) is 13.8. The van der Waals surface area contributed by atoms with E-state index in [2.05, 4.69) is 17.4 Å². The van der Waals surface area contributed by atoms with Crippen molar-refractivity contribution in [3.8, 4) is 0 Å². The summed E-state index contributed by atoms with van der Waals surface area (Å²) >= 11 is 1.73. The highest BCUT2D eigenvalue weighted by molar-refractivity contribution is 8.01. The number of aliphatic hydroxyl groups is 1. The molecule has 4 heteroatoms. The van der Waals surface area contributed by atoms with Gasteiger partial charge in [-0.05, 0) is 50.7 Å². The Morgan fingerprint density at radius 3 is 2.36 bits per heavy atom. The summed E-state index contributed by atoms with van der Waals surface area (Å²) in [5.41, 5.74) is 0. The van der Waals surface area contributed by atoms with Gasteiger partial charge in [-0.3, -0.25) is 4.79 Å². The molecule has 1 amide bonds. The highest BCUT2D eigenvalue weighted by Gasteiger charge is 2.43. The van der Waals surface area contributed by atoms with Crippen LogP contribution >= 0.6 is 11.8 Å². The van der Waals surface area contributed by atoms with Gasteiger partial charge in [-0.15, -0.1) is 11.8 Å². The molecule has 0 aromatic heterocycles. The van der Waals surface area contributed by atoms with Gasteiger partial charge in [0.1, 0.15) is 0 Å². The monoisotopic (exact) mass is 319 g/mol. The van der Waals surface area contributed by atoms with Gasteiger partial charge in [0, 0.05) is 10.9 Å². The van der Waals surface area contributed by atoms with E-state index in [4.69, 9.17) is 0 Å². The molecular weight excluding hydrogens is 294 g/mol. The Morgan fingerprint density at radius 1 is 1.09 bits per heavy atom. The summed E-state index contributed by atoms with van der Waals surface area (Å²) in [6.07, 6.45) is 7.45. The molecule has 0 heterocycles. The quantitative estimate of drug-likeness (QED) is 0.893. The summed E-state index contributed by atoms with van der Waals surface area (Å²) in [7, 11) is 0. The number of hydrogen-bond donors (Lipinski definition) is 2. The van der Waals surface area contributed by atoms with E-state index in [1.165, 1.54) is 4.90 Å². The van der Waals surface area contributed by atoms with Crippen LogP contribution < -0.4 is 5.32 Å². The molecule has 0 unspecified atom stereocenters. The number of rotatable bonds is 4. The molecule has 3 rings (SSSR count). The smallest absolute Gasteiger partial charge is 0.236 e. The molecule has 3 nitrogen and oxygen atoms in total. The summed E-state index contributed by atoms with van der Waals surface area (Å²) in [5, 5.41) is 12.9. The third-order valence-corrected chi connectivity index (χ3v) is 6.41. The van der Waals surface area contributed by atoms with Crippen LogP contribution in [0.25, 0.3) is 0 Å². The van der Waals surface area contributed by atoms with Gasteiger partial charge in [0.25, 0.3) is 0 Å². The first kappa shape index (κ1) is 15.9. The van der Waals surface area contributed by atoms with Crippen LogP contribution in [0.4, 0.5) is 0 Å². The van der Waals surface area contributed by atoms with E-state index in [0.717, 1.165) is 51.4 Å². The summed E-state index contributed by atoms with van der Waals surface area (Å²) in [6, 6.07) is 10.5. The van der Waals surface area contributed by atoms with Crippen LogP contribution in [0.1, 0.15) is 51.4 Å². The minimum atomic E-state index is -0.294. The van der Waals surface area contributed by atoms with Crippen LogP contribution in [-0.4, -0.2) is 27.9 Å². The van der Waals surface area contributed by atoms with Gasteiger partial charge in [0.05, 0.1) is 10.9 Å². The number of amides is 1. The van der Waals surface area contributed by atoms with Crippen LogP contribution in [-0.2, 0) is 4.79 Å². The van der Waals surface area contributed by atoms with Gasteiger partial charge >= 0.3 is 0 Å². The zero-order chi connectivity index (χ0) is 15.4. The maximum atomic E-state index is 12.9. The minimum Gasteiger partial charge on any atom is -0.393 e. The molecular formula is C18H25NO2S. The number of carbonyl (C=O) groups excluding carboxylic acids is 1. The summed E-state index contributed by atoms with van der Waals surface area (Å²) in [4.78, 5) is 14.1. The fraction of sp³-hybridized carbons (Fsp3) is 0.611. The Hall–Kier alpha value is -1.00. The summed E-state index contributed by atoms with van der Waals surface area (Å²) in [6.45, 7) is 0. The van der Waals surface area contributed by atoms with Crippen molar-refractivity contribution in [3.63, 3.8) is 0 Å². The number of thioether (sulfide) groups is 1. The molecule has 2 aliphatic carbocycles. The lowest BCUT2D eigenvalue weighted by molar-refractivity contribution is -0.124. The largest absolute Gasteiger partial charge is 0.393 e. The van der Waals surface area contributed by atoms with Gasteiger partial charge in [0.2, 0.25) is 5.91 Å². The predicted octanol–water partition coefficient (Wildman–Crippen LogP) is 3.51. The number of nitrogens with one attached hydrogen (secondary N) is 1. The van der Waals surface area contributed by atoms with Crippen LogP contribution in [0.5, 0.6) is 0 Å². The van der Waals surface area contributed by atoms with Crippen LogP contribution in [0.15, 0.2) is 35.2 Å². The van der Waals surface area contributed by atoms with Gasteiger partial charge in [0.15, 0.2) is 0 Å². The molecule has 22 heavy (non-hydrogen) atoms. The van der Waals surface area contributed by atoms with E-state index in [0.29, 0.717) is 0 Å². The average molecular weight is 319 g/mol. The minimum absolute atomic E-state index is 0.174. The molecule has 0 radical (unpaired) electrons. The van der Waals surface area contributed by atoms with Crippen molar-refractivity contribution >= 4 is 17.7 Å². The van der Waals surface area contributed by atoms with Crippen molar-refractivity contribution in [2.24, 2.45) is 0 Å². The average Bonchev–Trinajstić information content (AvgIpc) is 3.00. The van der Waals surface area contributed by atoms with Crippen LogP contribution in [0.2, 0.25) is 0 Å². The van der Waals surface area contributed by atoms with Gasteiger partial charge < -0.3 is 10.4 Å². The van der Waals surface area contributed by atoms with E-state index in [1.807, 2.05) is 18.2 Å². The molecule has 120 valence electrons. The number of hydrogen-bond acceptors (Lipinski definition) is 3. The maximum Gasteiger partial charge on any atom is 0.236 e. The van der Waals surface area contributed by atoms with Crippen molar-refractivity contribution in [2.45, 2.75) is 73.2 Å². The van der Waals surface area contributed by atoms with Crippen molar-refractivity contribution in [1.82, 2.24) is 5.32 Å². The van der Waals surface area contributed by atoms with E-state index in [-0.39, 0.29) is 22.8 Å². The molecule has 2 N–H and O–H groups in total. The molecule has 1 aromatic rings. The second-order valence-corrected chi connectivity index (χ2v) is 8.05. The number of benzene rings is 1. The van der Waals surface area contributed by atoms with Crippen LogP contribution in [0.3, 0.4) is 0 Å². The van der Waals surface area contributed by atoms with E-state index in [1.54, 1.807) is 11.8 Å². The summed E-state index contributed by atoms with van der Waals surface area (Å²) in [5.74, 6) is 0.209. The number of carbonyl (C=O) groups is 1. The van der Waals surface area contributed by atoms with E-state index < -0.39 is 0 Å². The van der Waals surface area contributed by atoms with Crippen molar-refractivity contribution in [2.75, 3.05) is 0 Å². The first-order valence-electron chi connectivity index (χ1n) is 8.41. The fourth-order valence-corrected chi connectivity index (χ4v) is 4.96. The third-order valence-electron chi connectivity index (χ3n) is 4.91. The molecule has 0 saturated heterocycles. The topological polar surface area (TPSA) is 49.3 Å². The standard InChI is InChI=1S/C18H25NO2S/c20-15-10-8-14(9-11-15)19-17(21)18(12-4-5-13-18)22-16-6-2-1-3-7-16/h1-3,6-7,14-15,20H,4-5,8-13H2,(H,19,21). The van der Waals surface area contributed by atoms with Gasteiger partial charge in [-0.1, -0.05) is 31.0 Å². The Kier molecular flexibility index (Phi) is 5.09. The maximum absolute atomic E-state index is 12.9. The first-order chi connectivity index (χ1) is 10.7.